The van der Waals surface area contributed by atoms with Crippen LogP contribution in [0.25, 0.3) is 0 Å². The summed E-state index contributed by atoms with van der Waals surface area (Å²) in [6.07, 6.45) is -12.1. The van der Waals surface area contributed by atoms with Crippen molar-refractivity contribution < 1.29 is 36.2 Å². The van der Waals surface area contributed by atoms with Crippen LogP contribution in [0.4, 0.5) is 26.3 Å². The molecule has 14 heavy (non-hydrogen) atoms. The topological polar surface area (TPSA) is 49.3 Å². The summed E-state index contributed by atoms with van der Waals surface area (Å²) in [7, 11) is 0. The fraction of sp³-hybridized carbons (Fsp3) is 0.800. The van der Waals surface area contributed by atoms with Crippen molar-refractivity contribution in [1.29, 1.82) is 0 Å². The average molecular weight is 225 g/mol. The minimum atomic E-state index is -6.03. The van der Waals surface area contributed by atoms with Crippen LogP contribution in [0, 0.1) is 0 Å². The third-order valence-corrected chi connectivity index (χ3v) is 1.18. The normalized spacial score (nSPS) is 14.0. The van der Waals surface area contributed by atoms with Crippen molar-refractivity contribution in [3.8, 4) is 0 Å². The Labute approximate surface area is 73.7 Å². The molecule has 0 atom stereocenters. The first-order chi connectivity index (χ1) is 5.92. The molecular weight excluding hydrogens is 220 g/mol. The van der Waals surface area contributed by atoms with Gasteiger partial charge < -0.3 is 10.4 Å². The Balaban J connectivity index is 5.18. The van der Waals surface area contributed by atoms with E-state index in [1.54, 1.807) is 0 Å². The van der Waals surface area contributed by atoms with Crippen LogP contribution in [0.2, 0.25) is 0 Å². The fourth-order valence-corrected chi connectivity index (χ4v) is 0.557. The number of amides is 1. The highest BCUT2D eigenvalue weighted by atomic mass is 19.4. The van der Waals surface area contributed by atoms with Gasteiger partial charge in [-0.05, 0) is 0 Å². The molecule has 0 fully saturated rings. The number of hydrogen-bond acceptors (Lipinski definition) is 2. The van der Waals surface area contributed by atoms with Gasteiger partial charge in [0.05, 0.1) is 0 Å². The molecule has 0 aromatic rings. The lowest BCUT2D eigenvalue weighted by Gasteiger charge is -2.32. The number of halogens is 6. The highest BCUT2D eigenvalue weighted by molar-refractivity contribution is 5.73. The first kappa shape index (κ1) is 13.0. The van der Waals surface area contributed by atoms with E-state index in [2.05, 4.69) is 0 Å². The van der Waals surface area contributed by atoms with Crippen LogP contribution in [-0.2, 0) is 4.79 Å². The molecular formula is C5H5F6NO2. The molecule has 0 rings (SSSR count). The van der Waals surface area contributed by atoms with E-state index in [0.717, 1.165) is 0 Å². The second kappa shape index (κ2) is 3.30. The molecule has 0 saturated heterocycles. The summed E-state index contributed by atoms with van der Waals surface area (Å²) in [5, 5.41) is 8.68. The zero-order valence-corrected chi connectivity index (χ0v) is 6.62. The van der Waals surface area contributed by atoms with E-state index in [-0.39, 0.29) is 0 Å². The molecule has 0 aromatic heterocycles. The maximum atomic E-state index is 11.8. The second-order valence-electron chi connectivity index (χ2n) is 2.39. The van der Waals surface area contributed by atoms with Crippen LogP contribution < -0.4 is 5.32 Å². The van der Waals surface area contributed by atoms with Crippen molar-refractivity contribution in [1.82, 2.24) is 5.32 Å². The predicted molar refractivity (Wildman–Crippen MR) is 30.9 cm³/mol. The summed E-state index contributed by atoms with van der Waals surface area (Å²) in [6.45, 7) is 0.419. The van der Waals surface area contributed by atoms with Gasteiger partial charge in [0.15, 0.2) is 0 Å². The van der Waals surface area contributed by atoms with Crippen molar-refractivity contribution in [3.05, 3.63) is 0 Å². The van der Waals surface area contributed by atoms with E-state index in [1.165, 1.54) is 0 Å². The Kier molecular flexibility index (Phi) is 3.06. The number of nitrogens with one attached hydrogen (secondary N) is 1. The van der Waals surface area contributed by atoms with Crippen LogP contribution in [-0.4, -0.2) is 29.1 Å². The molecule has 0 heterocycles. The average Bonchev–Trinajstić information content (AvgIpc) is 1.79. The third-order valence-electron chi connectivity index (χ3n) is 1.18. The predicted octanol–water partition coefficient (Wildman–Crippen LogP) is 0.936. The largest absolute Gasteiger partial charge is 0.446 e. The molecule has 0 spiro atoms. The maximum absolute atomic E-state index is 11.8. The SMILES string of the molecule is CC(=O)NC(O)(C(F)(F)F)C(F)(F)F. The van der Waals surface area contributed by atoms with Gasteiger partial charge in [-0.1, -0.05) is 0 Å². The number of aliphatic hydroxyl groups is 1. The van der Waals surface area contributed by atoms with Gasteiger partial charge >= 0.3 is 18.1 Å². The van der Waals surface area contributed by atoms with Gasteiger partial charge in [-0.25, -0.2) is 0 Å². The molecule has 1 amide bonds. The first-order valence-corrected chi connectivity index (χ1v) is 3.06. The highest BCUT2D eigenvalue weighted by Gasteiger charge is 2.71. The molecule has 0 radical (unpaired) electrons. The molecule has 0 saturated carbocycles. The lowest BCUT2D eigenvalue weighted by atomic mass is 10.2. The van der Waals surface area contributed by atoms with Crippen molar-refractivity contribution in [2.75, 3.05) is 0 Å². The van der Waals surface area contributed by atoms with E-state index in [1.807, 2.05) is 0 Å². The summed E-state index contributed by atoms with van der Waals surface area (Å²) in [6, 6.07) is 0. The van der Waals surface area contributed by atoms with Crippen LogP contribution in [0.15, 0.2) is 0 Å². The molecule has 84 valence electrons. The molecule has 0 aromatic carbocycles. The van der Waals surface area contributed by atoms with Gasteiger partial charge in [-0.2, -0.15) is 26.3 Å². The summed E-state index contributed by atoms with van der Waals surface area (Å²) in [5.74, 6) is -1.65. The van der Waals surface area contributed by atoms with Gasteiger partial charge in [-0.3, -0.25) is 4.79 Å². The molecule has 0 aliphatic rings. The number of hydrogen-bond donors (Lipinski definition) is 2. The Bertz CT molecular complexity index is 217. The lowest BCUT2D eigenvalue weighted by molar-refractivity contribution is -0.376. The zero-order valence-electron chi connectivity index (χ0n) is 6.62. The summed E-state index contributed by atoms with van der Waals surface area (Å²) >= 11 is 0. The Morgan fingerprint density at radius 1 is 1.07 bits per heavy atom. The van der Waals surface area contributed by atoms with Gasteiger partial charge in [-0.15, -0.1) is 0 Å². The van der Waals surface area contributed by atoms with Crippen LogP contribution in [0.3, 0.4) is 0 Å². The van der Waals surface area contributed by atoms with E-state index in [4.69, 9.17) is 5.11 Å². The Morgan fingerprint density at radius 2 is 1.36 bits per heavy atom. The molecule has 0 aliphatic carbocycles. The van der Waals surface area contributed by atoms with E-state index in [0.29, 0.717) is 12.2 Å². The molecule has 0 aliphatic heterocycles. The van der Waals surface area contributed by atoms with Crippen LogP contribution >= 0.6 is 0 Å². The van der Waals surface area contributed by atoms with Crippen molar-refractivity contribution in [2.24, 2.45) is 0 Å². The first-order valence-electron chi connectivity index (χ1n) is 3.06. The monoisotopic (exact) mass is 225 g/mol. The highest BCUT2D eigenvalue weighted by Crippen LogP contribution is 2.40. The smallest absolute Gasteiger partial charge is 0.357 e. The zero-order chi connectivity index (χ0) is 11.8. The van der Waals surface area contributed by atoms with Crippen LogP contribution in [0.5, 0.6) is 0 Å². The molecule has 9 heteroatoms. The minimum Gasteiger partial charge on any atom is -0.357 e. The second-order valence-corrected chi connectivity index (χ2v) is 2.39. The van der Waals surface area contributed by atoms with Gasteiger partial charge in [0.2, 0.25) is 5.91 Å². The van der Waals surface area contributed by atoms with E-state index >= 15 is 0 Å². The van der Waals surface area contributed by atoms with Gasteiger partial charge in [0.25, 0.3) is 0 Å². The van der Waals surface area contributed by atoms with E-state index < -0.39 is 24.0 Å². The molecule has 3 nitrogen and oxygen atoms in total. The Hall–Kier alpha value is -0.990. The van der Waals surface area contributed by atoms with Crippen molar-refractivity contribution in [2.45, 2.75) is 25.0 Å². The van der Waals surface area contributed by atoms with Crippen LogP contribution in [0.1, 0.15) is 6.92 Å². The van der Waals surface area contributed by atoms with Gasteiger partial charge in [0, 0.05) is 6.92 Å². The minimum absolute atomic E-state index is 0.403. The molecule has 0 unspecified atom stereocenters. The summed E-state index contributed by atoms with van der Waals surface area (Å²) < 4.78 is 70.7. The maximum Gasteiger partial charge on any atom is 0.446 e. The summed E-state index contributed by atoms with van der Waals surface area (Å²) in [5.41, 5.74) is -5.20. The fourth-order valence-electron chi connectivity index (χ4n) is 0.557. The summed E-state index contributed by atoms with van der Waals surface area (Å²) in [4.78, 5) is 10.1. The molecule has 2 N–H and O–H groups in total. The number of carbonyl (C=O) groups is 1. The van der Waals surface area contributed by atoms with Crippen molar-refractivity contribution >= 4 is 5.91 Å². The lowest BCUT2D eigenvalue weighted by Crippen LogP contribution is -2.67. The van der Waals surface area contributed by atoms with Gasteiger partial charge in [0.1, 0.15) is 0 Å². The standard InChI is InChI=1S/C5H5F6NO2/c1-2(13)12-3(14,4(6,7)8)5(9,10)11/h14H,1H3,(H,12,13). The van der Waals surface area contributed by atoms with E-state index in [9.17, 15) is 31.1 Å². The number of rotatable bonds is 1. The third kappa shape index (κ3) is 2.28. The number of alkyl halides is 6. The molecule has 0 bridgehead atoms. The Morgan fingerprint density at radius 3 is 1.43 bits per heavy atom. The quantitative estimate of drug-likeness (QED) is 0.515. The number of carbonyl (C=O) groups excluding carboxylic acids is 1. The van der Waals surface area contributed by atoms with Crippen molar-refractivity contribution in [3.63, 3.8) is 0 Å².